The van der Waals surface area contributed by atoms with Gasteiger partial charge < -0.3 is 4.74 Å². The van der Waals surface area contributed by atoms with Crippen molar-refractivity contribution in [1.29, 1.82) is 0 Å². The Bertz CT molecular complexity index is 275. The monoisotopic (exact) mass is 243 g/mol. The van der Waals surface area contributed by atoms with E-state index in [2.05, 4.69) is 34.8 Å². The average Bonchev–Trinajstić information content (AvgIpc) is 2.16. The van der Waals surface area contributed by atoms with Crippen LogP contribution in [0.5, 0.6) is 5.75 Å². The van der Waals surface area contributed by atoms with Gasteiger partial charge in [-0.2, -0.15) is 0 Å². The van der Waals surface area contributed by atoms with Gasteiger partial charge in [-0.15, -0.1) is 0 Å². The molecule has 1 aromatic rings. The Morgan fingerprint density at radius 3 is 2.69 bits per heavy atom. The van der Waals surface area contributed by atoms with E-state index in [0.717, 1.165) is 11.4 Å². The molecule has 0 aromatic carbocycles. The first kappa shape index (κ1) is 10.5. The molecule has 0 aliphatic heterocycles. The lowest BCUT2D eigenvalue weighted by atomic mass is 10.0. The quantitative estimate of drug-likeness (QED) is 0.762. The van der Waals surface area contributed by atoms with Gasteiger partial charge in [-0.25, -0.2) is 0 Å². The zero-order valence-corrected chi connectivity index (χ0v) is 9.71. The van der Waals surface area contributed by atoms with Crippen molar-refractivity contribution in [3.05, 3.63) is 24.0 Å². The zero-order valence-electron chi connectivity index (χ0n) is 8.12. The molecule has 1 heterocycles. The molecule has 2 atom stereocenters. The van der Waals surface area contributed by atoms with Crippen LogP contribution in [-0.4, -0.2) is 16.9 Å². The Labute approximate surface area is 87.5 Å². The Balaban J connectivity index is 2.98. The summed E-state index contributed by atoms with van der Waals surface area (Å²) in [5.74, 6) is 1.22. The number of hydrogen-bond acceptors (Lipinski definition) is 2. The molecule has 2 nitrogen and oxygen atoms in total. The van der Waals surface area contributed by atoms with Crippen molar-refractivity contribution in [3.8, 4) is 5.75 Å². The Kier molecular flexibility index (Phi) is 3.72. The Hall–Kier alpha value is -0.570. The van der Waals surface area contributed by atoms with Crippen LogP contribution in [0.4, 0.5) is 0 Å². The van der Waals surface area contributed by atoms with Gasteiger partial charge >= 0.3 is 0 Å². The van der Waals surface area contributed by atoms with Crippen LogP contribution in [-0.2, 0) is 0 Å². The third-order valence-electron chi connectivity index (χ3n) is 2.14. The average molecular weight is 244 g/mol. The summed E-state index contributed by atoms with van der Waals surface area (Å²) in [4.78, 5) is 4.72. The number of nitrogens with zero attached hydrogens (tertiary/aromatic N) is 1. The highest BCUT2D eigenvalue weighted by molar-refractivity contribution is 9.09. The van der Waals surface area contributed by atoms with Gasteiger partial charge in [-0.1, -0.05) is 29.8 Å². The minimum Gasteiger partial charge on any atom is -0.495 e. The van der Waals surface area contributed by atoms with Crippen molar-refractivity contribution in [1.82, 2.24) is 4.98 Å². The van der Waals surface area contributed by atoms with Crippen LogP contribution < -0.4 is 4.74 Å². The molecule has 2 unspecified atom stereocenters. The molecule has 0 saturated heterocycles. The summed E-state index contributed by atoms with van der Waals surface area (Å²) in [6, 6.07) is 3.82. The van der Waals surface area contributed by atoms with Crippen LogP contribution in [0.1, 0.15) is 25.5 Å². The number of aromatic nitrogens is 1. The van der Waals surface area contributed by atoms with Crippen molar-refractivity contribution in [2.24, 2.45) is 0 Å². The maximum atomic E-state index is 5.23. The predicted molar refractivity (Wildman–Crippen MR) is 57.6 cm³/mol. The van der Waals surface area contributed by atoms with Gasteiger partial charge in [-0.3, -0.25) is 4.98 Å². The summed E-state index contributed by atoms with van der Waals surface area (Å²) in [7, 11) is 1.67. The van der Waals surface area contributed by atoms with Crippen molar-refractivity contribution >= 4 is 15.9 Å². The summed E-state index contributed by atoms with van der Waals surface area (Å²) >= 11 is 3.54. The molecule has 1 aromatic heterocycles. The molecular formula is C10H14BrNO. The number of rotatable bonds is 3. The fourth-order valence-corrected chi connectivity index (χ4v) is 1.39. The van der Waals surface area contributed by atoms with Gasteiger partial charge in [0.25, 0.3) is 0 Å². The van der Waals surface area contributed by atoms with Crippen LogP contribution in [0.3, 0.4) is 0 Å². The lowest BCUT2D eigenvalue weighted by Gasteiger charge is -2.15. The summed E-state index contributed by atoms with van der Waals surface area (Å²) < 4.78 is 5.23. The van der Waals surface area contributed by atoms with Crippen molar-refractivity contribution in [2.45, 2.75) is 24.6 Å². The molecular weight excluding hydrogens is 230 g/mol. The van der Waals surface area contributed by atoms with Gasteiger partial charge in [0.15, 0.2) is 0 Å². The third kappa shape index (κ3) is 2.44. The molecule has 0 amide bonds. The molecule has 0 aliphatic carbocycles. The minimum absolute atomic E-state index is 0.358. The second kappa shape index (κ2) is 4.61. The molecule has 0 bridgehead atoms. The zero-order chi connectivity index (χ0) is 9.84. The maximum Gasteiger partial charge on any atom is 0.140 e. The predicted octanol–water partition coefficient (Wildman–Crippen LogP) is 2.98. The van der Waals surface area contributed by atoms with E-state index >= 15 is 0 Å². The number of halogens is 1. The summed E-state index contributed by atoms with van der Waals surface area (Å²) in [5, 5.41) is 0. The molecule has 13 heavy (non-hydrogen) atoms. The molecule has 0 aliphatic rings. The van der Waals surface area contributed by atoms with Gasteiger partial charge in [-0.05, 0) is 12.1 Å². The van der Waals surface area contributed by atoms with Crippen molar-refractivity contribution < 1.29 is 4.74 Å². The lowest BCUT2D eigenvalue weighted by molar-refractivity contribution is 0.403. The summed E-state index contributed by atoms with van der Waals surface area (Å²) in [6.07, 6.45) is 1.80. The maximum absolute atomic E-state index is 5.23. The highest BCUT2D eigenvalue weighted by Gasteiger charge is 2.16. The van der Waals surface area contributed by atoms with E-state index in [9.17, 15) is 0 Å². The van der Waals surface area contributed by atoms with E-state index in [1.165, 1.54) is 0 Å². The van der Waals surface area contributed by atoms with Crippen LogP contribution in [0.15, 0.2) is 18.3 Å². The van der Waals surface area contributed by atoms with Crippen LogP contribution in [0.2, 0.25) is 0 Å². The first-order valence-electron chi connectivity index (χ1n) is 4.29. The van der Waals surface area contributed by atoms with Gasteiger partial charge in [0.05, 0.1) is 12.8 Å². The summed E-state index contributed by atoms with van der Waals surface area (Å²) in [6.45, 7) is 4.24. The van der Waals surface area contributed by atoms with Crippen LogP contribution >= 0.6 is 15.9 Å². The van der Waals surface area contributed by atoms with Gasteiger partial charge in [0, 0.05) is 16.9 Å². The van der Waals surface area contributed by atoms with E-state index < -0.39 is 0 Å². The number of ether oxygens (including phenoxy) is 1. The van der Waals surface area contributed by atoms with E-state index in [1.807, 2.05) is 12.1 Å². The minimum atomic E-state index is 0.358. The second-order valence-corrected chi connectivity index (χ2v) is 4.50. The Morgan fingerprint density at radius 2 is 2.15 bits per heavy atom. The Morgan fingerprint density at radius 1 is 1.46 bits per heavy atom. The van der Waals surface area contributed by atoms with E-state index in [4.69, 9.17) is 4.74 Å². The fraction of sp³-hybridized carbons (Fsp3) is 0.500. The molecule has 72 valence electrons. The smallest absolute Gasteiger partial charge is 0.140 e. The number of alkyl halides is 1. The van der Waals surface area contributed by atoms with Crippen molar-refractivity contribution in [2.75, 3.05) is 7.11 Å². The van der Waals surface area contributed by atoms with Crippen LogP contribution in [0.25, 0.3) is 0 Å². The van der Waals surface area contributed by atoms with Crippen molar-refractivity contribution in [3.63, 3.8) is 0 Å². The highest BCUT2D eigenvalue weighted by atomic mass is 79.9. The van der Waals surface area contributed by atoms with Crippen LogP contribution in [0, 0.1) is 0 Å². The standard InChI is InChI=1S/C10H14BrNO/c1-7(8(2)11)10-9(13-3)5-4-6-12-10/h4-8H,1-3H3. The second-order valence-electron chi connectivity index (χ2n) is 3.06. The summed E-state index contributed by atoms with van der Waals surface area (Å²) in [5.41, 5.74) is 1.01. The van der Waals surface area contributed by atoms with E-state index in [-0.39, 0.29) is 0 Å². The first-order chi connectivity index (χ1) is 6.16. The normalized spacial score (nSPS) is 15.1. The molecule has 0 spiro atoms. The van der Waals surface area contributed by atoms with Gasteiger partial charge in [0.2, 0.25) is 0 Å². The highest BCUT2D eigenvalue weighted by Crippen LogP contribution is 2.29. The van der Waals surface area contributed by atoms with Gasteiger partial charge in [0.1, 0.15) is 5.75 Å². The number of methoxy groups -OCH3 is 1. The van der Waals surface area contributed by atoms with E-state index in [0.29, 0.717) is 10.7 Å². The number of hydrogen-bond donors (Lipinski definition) is 0. The SMILES string of the molecule is COc1cccnc1C(C)C(C)Br. The molecule has 0 saturated carbocycles. The number of pyridine rings is 1. The fourth-order valence-electron chi connectivity index (χ4n) is 1.13. The molecule has 3 heteroatoms. The van der Waals surface area contributed by atoms with E-state index in [1.54, 1.807) is 13.3 Å². The topological polar surface area (TPSA) is 22.1 Å². The lowest BCUT2D eigenvalue weighted by Crippen LogP contribution is -2.08. The molecule has 0 fully saturated rings. The largest absolute Gasteiger partial charge is 0.495 e. The molecule has 0 radical (unpaired) electrons. The first-order valence-corrected chi connectivity index (χ1v) is 5.21. The third-order valence-corrected chi connectivity index (χ3v) is 2.93. The molecule has 1 rings (SSSR count). The molecule has 0 N–H and O–H groups in total.